The smallest absolute Gasteiger partial charge is 0.252 e. The van der Waals surface area contributed by atoms with E-state index in [1.165, 1.54) is 20.1 Å². The molecule has 4 bridgehead atoms. The number of carbonyl (C=O) groups excluding carboxylic acids is 3. The molecule has 0 saturated carbocycles. The number of fused-ring (bicyclic) bond motifs is 4. The fourth-order valence-electron chi connectivity index (χ4n) is 5.49. The molecule has 3 atom stereocenters. The average molecular weight is 702 g/mol. The molecule has 0 fully saturated rings. The second kappa shape index (κ2) is 18.0. The number of benzene rings is 1. The number of ether oxygens (including phenoxy) is 2. The van der Waals surface area contributed by atoms with Gasteiger partial charge in [0.1, 0.15) is 24.4 Å². The van der Waals surface area contributed by atoms with E-state index in [4.69, 9.17) is 21.1 Å². The number of carbonyl (C=O) groups is 3. The molecule has 3 heterocycles. The minimum Gasteiger partial charge on any atom is -0.493 e. The van der Waals surface area contributed by atoms with Crippen LogP contribution in [-0.4, -0.2) is 97.9 Å². The Morgan fingerprint density at radius 2 is 1.86 bits per heavy atom. The fraction of sp³-hybridized carbons (Fsp3) is 0.576. The van der Waals surface area contributed by atoms with Crippen molar-refractivity contribution in [1.82, 2.24) is 46.0 Å². The van der Waals surface area contributed by atoms with Crippen LogP contribution in [0.15, 0.2) is 24.4 Å². The number of nitrogens with one attached hydrogen (secondary N) is 4. The number of aliphatic hydroxyl groups is 1. The minimum atomic E-state index is -1.21. The van der Waals surface area contributed by atoms with Gasteiger partial charge in [-0.15, -0.1) is 5.10 Å². The molecule has 4 rings (SSSR count). The normalized spacial score (nSPS) is 20.0. The van der Waals surface area contributed by atoms with E-state index in [-0.39, 0.29) is 18.1 Å². The third kappa shape index (κ3) is 10.9. The number of hydrogen-bond donors (Lipinski definition) is 5. The summed E-state index contributed by atoms with van der Waals surface area (Å²) in [6.07, 6.45) is 3.16. The van der Waals surface area contributed by atoms with E-state index in [9.17, 15) is 19.5 Å². The van der Waals surface area contributed by atoms with E-state index in [1.54, 1.807) is 16.8 Å². The molecule has 3 amide bonds. The van der Waals surface area contributed by atoms with Gasteiger partial charge in [0.2, 0.25) is 11.8 Å². The molecule has 5 N–H and O–H groups in total. The van der Waals surface area contributed by atoms with Crippen LogP contribution in [-0.2, 0) is 29.3 Å². The first-order chi connectivity index (χ1) is 23.4. The van der Waals surface area contributed by atoms with Gasteiger partial charge >= 0.3 is 0 Å². The lowest BCUT2D eigenvalue weighted by molar-refractivity contribution is -0.132. The minimum absolute atomic E-state index is 0.0394. The molecule has 15 nitrogen and oxygen atoms in total. The van der Waals surface area contributed by atoms with Gasteiger partial charge in [-0.25, -0.2) is 0 Å². The summed E-state index contributed by atoms with van der Waals surface area (Å²) in [4.78, 5) is 42.2. The number of halogens is 1. The van der Waals surface area contributed by atoms with Crippen LogP contribution in [0.25, 0.3) is 0 Å². The van der Waals surface area contributed by atoms with Crippen molar-refractivity contribution in [3.63, 3.8) is 0 Å². The Bertz CT molecular complexity index is 1560. The monoisotopic (exact) mass is 701 g/mol. The summed E-state index contributed by atoms with van der Waals surface area (Å²) in [5.41, 5.74) is 2.42. The van der Waals surface area contributed by atoms with E-state index in [0.717, 1.165) is 37.3 Å². The number of aliphatic hydroxyl groups excluding tert-OH is 1. The van der Waals surface area contributed by atoms with Crippen molar-refractivity contribution in [2.24, 2.45) is 5.92 Å². The number of aromatic amines is 1. The van der Waals surface area contributed by atoms with Gasteiger partial charge in [-0.05, 0) is 70.2 Å². The van der Waals surface area contributed by atoms with Crippen LogP contribution in [0.2, 0.25) is 5.02 Å². The lowest BCUT2D eigenvalue weighted by Crippen LogP contribution is -2.57. The van der Waals surface area contributed by atoms with Crippen LogP contribution in [0.3, 0.4) is 0 Å². The second-order valence-corrected chi connectivity index (χ2v) is 13.1. The summed E-state index contributed by atoms with van der Waals surface area (Å²) in [5, 5.41) is 35.1. The van der Waals surface area contributed by atoms with Crippen molar-refractivity contribution in [1.29, 1.82) is 0 Å². The molecule has 49 heavy (non-hydrogen) atoms. The molecule has 0 aliphatic carbocycles. The Hall–Kier alpha value is -4.21. The molecule has 1 aliphatic rings. The number of nitrogens with zero attached hydrogens (tertiary/aromatic N) is 5. The van der Waals surface area contributed by atoms with Crippen LogP contribution in [0.1, 0.15) is 73.9 Å². The van der Waals surface area contributed by atoms with E-state index in [0.29, 0.717) is 54.7 Å². The summed E-state index contributed by atoms with van der Waals surface area (Å²) >= 11 is 6.47. The number of H-pyrrole nitrogens is 1. The van der Waals surface area contributed by atoms with Crippen molar-refractivity contribution in [2.75, 3.05) is 26.7 Å². The van der Waals surface area contributed by atoms with Crippen LogP contribution >= 0.6 is 11.6 Å². The molecular formula is C33H48ClN9O6. The highest BCUT2D eigenvalue weighted by Crippen LogP contribution is 2.29. The first kappa shape index (κ1) is 37.6. The zero-order valence-electron chi connectivity index (χ0n) is 28.8. The van der Waals surface area contributed by atoms with E-state index in [2.05, 4.69) is 41.4 Å². The predicted octanol–water partition coefficient (Wildman–Crippen LogP) is 2.36. The lowest BCUT2D eigenvalue weighted by Gasteiger charge is -2.26. The number of hydrogen-bond acceptors (Lipinski definition) is 10. The predicted molar refractivity (Wildman–Crippen MR) is 182 cm³/mol. The highest BCUT2D eigenvalue weighted by molar-refractivity contribution is 6.31. The van der Waals surface area contributed by atoms with Gasteiger partial charge in [0.25, 0.3) is 5.91 Å². The second-order valence-electron chi connectivity index (χ2n) is 12.7. The van der Waals surface area contributed by atoms with Gasteiger partial charge in [0.05, 0.1) is 35.8 Å². The molecule has 1 aromatic carbocycles. The molecule has 1 aliphatic heterocycles. The van der Waals surface area contributed by atoms with Gasteiger partial charge in [-0.2, -0.15) is 5.10 Å². The third-order valence-electron chi connectivity index (χ3n) is 8.16. The quantitative estimate of drug-likeness (QED) is 0.255. The highest BCUT2D eigenvalue weighted by atomic mass is 35.5. The van der Waals surface area contributed by atoms with E-state index >= 15 is 0 Å². The van der Waals surface area contributed by atoms with Gasteiger partial charge in [0, 0.05) is 31.7 Å². The largest absolute Gasteiger partial charge is 0.493 e. The average Bonchev–Trinajstić information content (AvgIpc) is 3.65. The summed E-state index contributed by atoms with van der Waals surface area (Å²) < 4.78 is 13.2. The van der Waals surface area contributed by atoms with Crippen LogP contribution in [0, 0.1) is 12.8 Å². The van der Waals surface area contributed by atoms with Crippen molar-refractivity contribution in [3.8, 4) is 11.5 Å². The third-order valence-corrected chi connectivity index (χ3v) is 8.66. The zero-order valence-corrected chi connectivity index (χ0v) is 29.5. The Kier molecular flexibility index (Phi) is 13.8. The summed E-state index contributed by atoms with van der Waals surface area (Å²) in [6, 6.07) is 2.55. The maximum Gasteiger partial charge on any atom is 0.252 e. The van der Waals surface area contributed by atoms with Crippen LogP contribution < -0.4 is 25.4 Å². The maximum atomic E-state index is 13.5. The van der Waals surface area contributed by atoms with Crippen molar-refractivity contribution >= 4 is 29.3 Å². The summed E-state index contributed by atoms with van der Waals surface area (Å²) in [6.45, 7) is 10.2. The SMILES string of the molecule is COc1ccc2cc1OCc1cn(nn1)CCCN(Cc1n[nH]c(C)c1Cl)CCCCNC(=O)[C@H]([C@@H](C)O)NC(=O)[C@@H](CC(C)C)NC2=O. The van der Waals surface area contributed by atoms with Gasteiger partial charge in [-0.3, -0.25) is 29.1 Å². The van der Waals surface area contributed by atoms with Crippen molar-refractivity contribution in [3.05, 3.63) is 52.1 Å². The van der Waals surface area contributed by atoms with Gasteiger partial charge < -0.3 is 30.5 Å². The number of aromatic nitrogens is 5. The number of amides is 3. The molecule has 268 valence electrons. The standard InChI is InChI=1S/C33H48ClN9O6/c1-20(2)15-25-32(46)37-30(22(4)44)33(47)35-11-6-7-12-42(18-26-29(34)21(3)38-40-26)13-8-14-43-17-24(39-41-43)19-49-28-16-23(31(45)36-25)9-10-27(28)48-5/h9-10,16-17,20,22,25,30,44H,6-8,11-15,18-19H2,1-5H3,(H,35,47)(H,36,45)(H,37,46)(H,38,40)/t22-,25-,30+/m1/s1. The molecule has 0 saturated heterocycles. The summed E-state index contributed by atoms with van der Waals surface area (Å²) in [5.74, 6) is -0.818. The number of rotatable bonds is 6. The molecule has 0 spiro atoms. The highest BCUT2D eigenvalue weighted by Gasteiger charge is 2.30. The zero-order chi connectivity index (χ0) is 35.5. The Labute approximate surface area is 291 Å². The molecule has 3 aromatic rings. The number of methoxy groups -OCH3 is 1. The molecular weight excluding hydrogens is 654 g/mol. The molecule has 0 unspecified atom stereocenters. The van der Waals surface area contributed by atoms with E-state index < -0.39 is 35.9 Å². The fourth-order valence-corrected chi connectivity index (χ4v) is 5.63. The van der Waals surface area contributed by atoms with Crippen molar-refractivity contribution < 1.29 is 29.0 Å². The topological polar surface area (TPSA) is 189 Å². The Balaban J connectivity index is 1.56. The first-order valence-electron chi connectivity index (χ1n) is 16.6. The number of aryl methyl sites for hydroxylation is 2. The van der Waals surface area contributed by atoms with E-state index in [1.807, 2.05) is 27.0 Å². The summed E-state index contributed by atoms with van der Waals surface area (Å²) in [7, 11) is 1.50. The maximum absolute atomic E-state index is 13.5. The van der Waals surface area contributed by atoms with Gasteiger partial charge in [-0.1, -0.05) is 30.7 Å². The lowest BCUT2D eigenvalue weighted by atomic mass is 10.0. The first-order valence-corrected chi connectivity index (χ1v) is 17.0. The molecule has 16 heteroatoms. The van der Waals surface area contributed by atoms with Crippen molar-refractivity contribution in [2.45, 2.75) is 91.3 Å². The molecule has 2 aromatic heterocycles. The Morgan fingerprint density at radius 3 is 2.55 bits per heavy atom. The van der Waals surface area contributed by atoms with Crippen LogP contribution in [0.5, 0.6) is 11.5 Å². The van der Waals surface area contributed by atoms with Crippen LogP contribution in [0.4, 0.5) is 0 Å². The Morgan fingerprint density at radius 1 is 1.08 bits per heavy atom. The molecule has 0 radical (unpaired) electrons. The van der Waals surface area contributed by atoms with Gasteiger partial charge in [0.15, 0.2) is 11.5 Å².